The first-order chi connectivity index (χ1) is 18.9. The average molecular weight is 554 g/mol. The van der Waals surface area contributed by atoms with Gasteiger partial charge in [0.25, 0.3) is 6.43 Å². The number of piperazine rings is 1. The standard InChI is InChI=1S/C28H33F2N7O3/c1-17-14-35-15-20(19(23(29)30)13-22(35)32-17)33-25(38)36-10-6-18-21(5-9-31-24(18)36)34-11-12-37(28(16-34)7-8-28)26(39)40-27(2,3)4/h5,9,13-15,23H,6-8,10-12,16H2,1-4H3,(H,33,38). The number of ether oxygens (including phenoxy) is 1. The van der Waals surface area contributed by atoms with Crippen LogP contribution in [0, 0.1) is 6.92 Å². The number of aromatic nitrogens is 3. The van der Waals surface area contributed by atoms with Gasteiger partial charge in [-0.15, -0.1) is 0 Å². The van der Waals surface area contributed by atoms with Crippen molar-refractivity contribution in [3.05, 3.63) is 47.5 Å². The molecule has 12 heteroatoms. The second-order valence-electron chi connectivity index (χ2n) is 11.8. The summed E-state index contributed by atoms with van der Waals surface area (Å²) < 4.78 is 35.0. The minimum Gasteiger partial charge on any atom is -0.444 e. The molecular weight excluding hydrogens is 520 g/mol. The maximum atomic E-state index is 13.9. The van der Waals surface area contributed by atoms with Crippen LogP contribution in [0.15, 0.2) is 30.7 Å². The Kier molecular flexibility index (Phi) is 6.11. The van der Waals surface area contributed by atoms with Crippen molar-refractivity contribution in [3.8, 4) is 0 Å². The van der Waals surface area contributed by atoms with Crippen LogP contribution in [0.1, 0.15) is 56.9 Å². The highest BCUT2D eigenvalue weighted by molar-refractivity contribution is 6.03. The monoisotopic (exact) mass is 553 g/mol. The predicted molar refractivity (Wildman–Crippen MR) is 146 cm³/mol. The molecule has 0 unspecified atom stereocenters. The van der Waals surface area contributed by atoms with Crippen LogP contribution in [-0.2, 0) is 11.2 Å². The molecule has 3 aromatic rings. The summed E-state index contributed by atoms with van der Waals surface area (Å²) in [5, 5.41) is 2.68. The van der Waals surface area contributed by atoms with Gasteiger partial charge >= 0.3 is 12.1 Å². The molecule has 1 saturated heterocycles. The number of fused-ring (bicyclic) bond motifs is 2. The Bertz CT molecular complexity index is 1500. The number of anilines is 3. The molecule has 3 aromatic heterocycles. The summed E-state index contributed by atoms with van der Waals surface area (Å²) in [5.41, 5.74) is 1.95. The molecule has 1 saturated carbocycles. The van der Waals surface area contributed by atoms with E-state index in [9.17, 15) is 18.4 Å². The number of amides is 3. The topological polar surface area (TPSA) is 95.3 Å². The molecule has 10 nitrogen and oxygen atoms in total. The fraction of sp³-hybridized carbons (Fsp3) is 0.500. The van der Waals surface area contributed by atoms with Gasteiger partial charge < -0.3 is 19.4 Å². The Labute approximate surface area is 230 Å². The summed E-state index contributed by atoms with van der Waals surface area (Å²) >= 11 is 0. The molecular formula is C28H33F2N7O3. The van der Waals surface area contributed by atoms with Crippen molar-refractivity contribution in [1.82, 2.24) is 19.3 Å². The van der Waals surface area contributed by atoms with Crippen LogP contribution in [-0.4, -0.2) is 68.7 Å². The SMILES string of the molecule is Cc1cn2cc(NC(=O)N3CCc4c(N5CCN(C(=O)OC(C)(C)C)C6(CC6)C5)ccnc43)c(C(F)F)cc2n1. The molecule has 0 atom stereocenters. The number of nitrogens with zero attached hydrogens (tertiary/aromatic N) is 6. The van der Waals surface area contributed by atoms with Crippen LogP contribution in [0.2, 0.25) is 0 Å². The number of alkyl halides is 2. The molecule has 1 aliphatic carbocycles. The number of pyridine rings is 2. The van der Waals surface area contributed by atoms with Gasteiger partial charge in [0.1, 0.15) is 17.1 Å². The molecule has 2 fully saturated rings. The number of halogens is 2. The maximum absolute atomic E-state index is 13.9. The van der Waals surface area contributed by atoms with Gasteiger partial charge in [0.05, 0.1) is 16.9 Å². The summed E-state index contributed by atoms with van der Waals surface area (Å²) in [6, 6.07) is 2.73. The molecule has 3 aliphatic rings. The normalized spacial score (nSPS) is 18.0. The van der Waals surface area contributed by atoms with Crippen LogP contribution in [0.3, 0.4) is 0 Å². The van der Waals surface area contributed by atoms with Crippen LogP contribution in [0.5, 0.6) is 0 Å². The Balaban J connectivity index is 1.21. The lowest BCUT2D eigenvalue weighted by Gasteiger charge is -2.43. The number of carbonyl (C=O) groups is 2. The Hall–Kier alpha value is -3.96. The summed E-state index contributed by atoms with van der Waals surface area (Å²) in [4.78, 5) is 40.6. The lowest BCUT2D eigenvalue weighted by molar-refractivity contribution is 0.0106. The average Bonchev–Trinajstić information content (AvgIpc) is 3.31. The third-order valence-electron chi connectivity index (χ3n) is 7.75. The van der Waals surface area contributed by atoms with Gasteiger partial charge in [-0.2, -0.15) is 0 Å². The van der Waals surface area contributed by atoms with E-state index in [-0.39, 0.29) is 22.9 Å². The highest BCUT2D eigenvalue weighted by Crippen LogP contribution is 2.47. The number of rotatable bonds is 3. The quantitative estimate of drug-likeness (QED) is 0.482. The third kappa shape index (κ3) is 4.69. The van der Waals surface area contributed by atoms with Gasteiger partial charge in [0.2, 0.25) is 0 Å². The van der Waals surface area contributed by atoms with Crippen molar-refractivity contribution >= 4 is 35.0 Å². The van der Waals surface area contributed by atoms with Gasteiger partial charge in [0.15, 0.2) is 0 Å². The van der Waals surface area contributed by atoms with Crippen molar-refractivity contribution in [2.45, 2.75) is 64.5 Å². The van der Waals surface area contributed by atoms with E-state index in [1.807, 2.05) is 31.7 Å². The van der Waals surface area contributed by atoms with E-state index in [1.54, 1.807) is 23.7 Å². The van der Waals surface area contributed by atoms with Gasteiger partial charge in [-0.3, -0.25) is 9.80 Å². The van der Waals surface area contributed by atoms with Crippen molar-refractivity contribution in [3.63, 3.8) is 0 Å². The first kappa shape index (κ1) is 26.3. The van der Waals surface area contributed by atoms with Gasteiger partial charge in [-0.05, 0) is 59.1 Å². The predicted octanol–water partition coefficient (Wildman–Crippen LogP) is 5.16. The molecule has 2 aliphatic heterocycles. The first-order valence-corrected chi connectivity index (χ1v) is 13.5. The maximum Gasteiger partial charge on any atom is 0.410 e. The molecule has 212 valence electrons. The number of carbonyl (C=O) groups excluding carboxylic acids is 2. The highest BCUT2D eigenvalue weighted by Gasteiger charge is 2.54. The largest absolute Gasteiger partial charge is 0.444 e. The third-order valence-corrected chi connectivity index (χ3v) is 7.75. The minimum absolute atomic E-state index is 0.0310. The van der Waals surface area contributed by atoms with Gasteiger partial charge in [-0.25, -0.2) is 28.3 Å². The fourth-order valence-electron chi connectivity index (χ4n) is 5.77. The lowest BCUT2D eigenvalue weighted by atomic mass is 10.1. The van der Waals surface area contributed by atoms with E-state index >= 15 is 0 Å². The molecule has 5 heterocycles. The lowest BCUT2D eigenvalue weighted by Crippen LogP contribution is -2.58. The van der Waals surface area contributed by atoms with E-state index in [0.29, 0.717) is 49.8 Å². The van der Waals surface area contributed by atoms with Crippen LogP contribution in [0.4, 0.5) is 35.6 Å². The zero-order chi connectivity index (χ0) is 28.4. The number of aryl methyl sites for hydroxylation is 1. The van der Waals surface area contributed by atoms with E-state index in [1.165, 1.54) is 17.2 Å². The molecule has 1 N–H and O–H groups in total. The molecule has 40 heavy (non-hydrogen) atoms. The molecule has 3 amide bonds. The molecule has 0 bridgehead atoms. The number of hydrogen-bond donors (Lipinski definition) is 1. The van der Waals surface area contributed by atoms with Crippen LogP contribution < -0.4 is 15.1 Å². The first-order valence-electron chi connectivity index (χ1n) is 13.5. The number of hydrogen-bond acceptors (Lipinski definition) is 6. The molecule has 0 aromatic carbocycles. The Morgan fingerprint density at radius 3 is 2.62 bits per heavy atom. The van der Waals surface area contributed by atoms with Gasteiger partial charge in [0, 0.05) is 61.6 Å². The smallest absolute Gasteiger partial charge is 0.410 e. The van der Waals surface area contributed by atoms with Crippen molar-refractivity contribution in [2.75, 3.05) is 41.3 Å². The molecule has 0 radical (unpaired) electrons. The van der Waals surface area contributed by atoms with Crippen LogP contribution in [0.25, 0.3) is 5.65 Å². The van der Waals surface area contributed by atoms with Crippen molar-refractivity contribution < 1.29 is 23.1 Å². The fourth-order valence-corrected chi connectivity index (χ4v) is 5.77. The summed E-state index contributed by atoms with van der Waals surface area (Å²) in [6.45, 7) is 9.62. The van der Waals surface area contributed by atoms with E-state index in [0.717, 1.165) is 24.1 Å². The van der Waals surface area contributed by atoms with E-state index in [2.05, 4.69) is 20.2 Å². The minimum atomic E-state index is -2.78. The summed E-state index contributed by atoms with van der Waals surface area (Å²) in [6.07, 6.45) is 4.22. The van der Waals surface area contributed by atoms with E-state index in [4.69, 9.17) is 4.74 Å². The number of imidazole rings is 1. The van der Waals surface area contributed by atoms with Crippen LogP contribution >= 0.6 is 0 Å². The zero-order valence-corrected chi connectivity index (χ0v) is 23.1. The van der Waals surface area contributed by atoms with Gasteiger partial charge in [-0.1, -0.05) is 0 Å². The second kappa shape index (κ2) is 9.31. The van der Waals surface area contributed by atoms with Crippen molar-refractivity contribution in [2.24, 2.45) is 0 Å². The Morgan fingerprint density at radius 1 is 1.15 bits per heavy atom. The molecule has 1 spiro atoms. The van der Waals surface area contributed by atoms with Crippen molar-refractivity contribution in [1.29, 1.82) is 0 Å². The highest BCUT2D eigenvalue weighted by atomic mass is 19.3. The Morgan fingerprint density at radius 2 is 1.93 bits per heavy atom. The number of nitrogens with one attached hydrogen (secondary N) is 1. The molecule has 6 rings (SSSR count). The summed E-state index contributed by atoms with van der Waals surface area (Å²) in [7, 11) is 0. The number of urea groups is 1. The van der Waals surface area contributed by atoms with E-state index < -0.39 is 18.1 Å². The zero-order valence-electron chi connectivity index (χ0n) is 23.1. The summed E-state index contributed by atoms with van der Waals surface area (Å²) in [5.74, 6) is 0.521. The second-order valence-corrected chi connectivity index (χ2v) is 11.8.